The van der Waals surface area contributed by atoms with Gasteiger partial charge in [0.1, 0.15) is 0 Å². The molecule has 3 aromatic rings. The Morgan fingerprint density at radius 2 is 1.76 bits per heavy atom. The van der Waals surface area contributed by atoms with E-state index in [1.807, 2.05) is 29.2 Å². The SMILES string of the molecule is CC(C)c1ccc(C(=O)N2CCN(c3nc4ccccn4c3[N+](=O)[O-])CC2)cc1. The third-order valence-electron chi connectivity index (χ3n) is 5.35. The predicted octanol–water partition coefficient (Wildman–Crippen LogP) is 3.33. The predicted molar refractivity (Wildman–Crippen MR) is 110 cm³/mol. The monoisotopic (exact) mass is 393 g/mol. The molecule has 3 heterocycles. The summed E-state index contributed by atoms with van der Waals surface area (Å²) >= 11 is 0. The van der Waals surface area contributed by atoms with Gasteiger partial charge in [-0.25, -0.2) is 0 Å². The summed E-state index contributed by atoms with van der Waals surface area (Å²) < 4.78 is 1.49. The molecular formula is C21H23N5O3. The molecule has 0 saturated carbocycles. The van der Waals surface area contributed by atoms with Gasteiger partial charge in [0.25, 0.3) is 5.91 Å². The minimum absolute atomic E-state index is 0.00976. The summed E-state index contributed by atoms with van der Waals surface area (Å²) in [4.78, 5) is 32.2. The number of fused-ring (bicyclic) bond motifs is 1. The Morgan fingerprint density at radius 3 is 2.38 bits per heavy atom. The van der Waals surface area contributed by atoms with Crippen LogP contribution in [-0.4, -0.2) is 51.3 Å². The summed E-state index contributed by atoms with van der Waals surface area (Å²) in [5, 5.41) is 11.6. The van der Waals surface area contributed by atoms with Crippen LogP contribution < -0.4 is 4.90 Å². The van der Waals surface area contributed by atoms with E-state index in [1.54, 1.807) is 29.3 Å². The molecule has 29 heavy (non-hydrogen) atoms. The Kier molecular flexibility index (Phi) is 4.92. The number of hydrogen-bond donors (Lipinski definition) is 0. The molecule has 0 bridgehead atoms. The van der Waals surface area contributed by atoms with E-state index >= 15 is 0 Å². The average Bonchev–Trinajstić information content (AvgIpc) is 3.13. The van der Waals surface area contributed by atoms with Gasteiger partial charge in [0.15, 0.2) is 0 Å². The van der Waals surface area contributed by atoms with Gasteiger partial charge in [0, 0.05) is 37.8 Å². The van der Waals surface area contributed by atoms with Crippen molar-refractivity contribution in [2.45, 2.75) is 19.8 Å². The van der Waals surface area contributed by atoms with Gasteiger partial charge in [-0.05, 0) is 34.6 Å². The van der Waals surface area contributed by atoms with Gasteiger partial charge in [-0.15, -0.1) is 0 Å². The fourth-order valence-electron chi connectivity index (χ4n) is 3.67. The van der Waals surface area contributed by atoms with E-state index in [1.165, 1.54) is 9.96 Å². The van der Waals surface area contributed by atoms with Crippen LogP contribution in [0.2, 0.25) is 0 Å². The Hall–Kier alpha value is -3.42. The van der Waals surface area contributed by atoms with Crippen molar-refractivity contribution in [1.82, 2.24) is 14.3 Å². The molecule has 150 valence electrons. The Labute approximate surface area is 168 Å². The lowest BCUT2D eigenvalue weighted by molar-refractivity contribution is -0.389. The molecule has 1 fully saturated rings. The minimum atomic E-state index is -0.400. The van der Waals surface area contributed by atoms with Gasteiger partial charge in [-0.3, -0.25) is 4.79 Å². The number of imidazole rings is 1. The molecular weight excluding hydrogens is 370 g/mol. The number of anilines is 1. The summed E-state index contributed by atoms with van der Waals surface area (Å²) in [5.74, 6) is 0.729. The molecule has 1 aliphatic heterocycles. The third kappa shape index (κ3) is 3.53. The van der Waals surface area contributed by atoms with Crippen LogP contribution in [0.1, 0.15) is 35.7 Å². The lowest BCUT2D eigenvalue weighted by Gasteiger charge is -2.34. The molecule has 4 rings (SSSR count). The van der Waals surface area contributed by atoms with E-state index in [2.05, 4.69) is 18.8 Å². The molecule has 1 aliphatic rings. The number of amides is 1. The number of pyridine rings is 1. The van der Waals surface area contributed by atoms with Gasteiger partial charge < -0.3 is 19.9 Å². The lowest BCUT2D eigenvalue weighted by Crippen LogP contribution is -2.49. The zero-order chi connectivity index (χ0) is 20.5. The van der Waals surface area contributed by atoms with Crippen LogP contribution in [0.3, 0.4) is 0 Å². The second kappa shape index (κ2) is 7.54. The summed E-state index contributed by atoms with van der Waals surface area (Å²) in [6.07, 6.45) is 1.64. The molecule has 0 atom stereocenters. The highest BCUT2D eigenvalue weighted by atomic mass is 16.6. The van der Waals surface area contributed by atoms with E-state index < -0.39 is 4.92 Å². The fourth-order valence-corrected chi connectivity index (χ4v) is 3.67. The average molecular weight is 393 g/mol. The third-order valence-corrected chi connectivity index (χ3v) is 5.35. The number of carbonyl (C=O) groups is 1. The van der Waals surface area contributed by atoms with Crippen molar-refractivity contribution in [3.63, 3.8) is 0 Å². The Balaban J connectivity index is 1.50. The van der Waals surface area contributed by atoms with E-state index in [9.17, 15) is 14.9 Å². The van der Waals surface area contributed by atoms with Crippen LogP contribution in [0.25, 0.3) is 5.65 Å². The molecule has 8 heteroatoms. The van der Waals surface area contributed by atoms with E-state index in [0.717, 1.165) is 0 Å². The smallest absolute Gasteiger partial charge is 0.358 e. The van der Waals surface area contributed by atoms with Crippen LogP contribution in [0.4, 0.5) is 11.6 Å². The van der Waals surface area contributed by atoms with E-state index in [-0.39, 0.29) is 11.7 Å². The number of hydrogen-bond acceptors (Lipinski definition) is 5. The van der Waals surface area contributed by atoms with Crippen molar-refractivity contribution < 1.29 is 9.72 Å². The van der Waals surface area contributed by atoms with Crippen molar-refractivity contribution in [3.8, 4) is 0 Å². The number of nitro groups is 1. The molecule has 1 saturated heterocycles. The number of nitrogens with zero attached hydrogens (tertiary/aromatic N) is 5. The molecule has 0 aliphatic carbocycles. The van der Waals surface area contributed by atoms with Gasteiger partial charge in [-0.1, -0.05) is 32.0 Å². The van der Waals surface area contributed by atoms with Crippen molar-refractivity contribution in [3.05, 3.63) is 69.9 Å². The number of aromatic nitrogens is 2. The van der Waals surface area contributed by atoms with Crippen LogP contribution in [0, 0.1) is 10.1 Å². The molecule has 0 unspecified atom stereocenters. The topological polar surface area (TPSA) is 84.0 Å². The first-order valence-electron chi connectivity index (χ1n) is 9.71. The molecule has 0 spiro atoms. The van der Waals surface area contributed by atoms with Crippen molar-refractivity contribution in [1.29, 1.82) is 0 Å². The van der Waals surface area contributed by atoms with Crippen LogP contribution >= 0.6 is 0 Å². The Morgan fingerprint density at radius 1 is 1.07 bits per heavy atom. The van der Waals surface area contributed by atoms with Gasteiger partial charge >= 0.3 is 5.82 Å². The highest BCUT2D eigenvalue weighted by Gasteiger charge is 2.30. The molecule has 1 aromatic carbocycles. The maximum absolute atomic E-state index is 12.8. The molecule has 2 aromatic heterocycles. The summed E-state index contributed by atoms with van der Waals surface area (Å²) in [6.45, 7) is 6.23. The van der Waals surface area contributed by atoms with Crippen molar-refractivity contribution >= 4 is 23.2 Å². The highest BCUT2D eigenvalue weighted by Crippen LogP contribution is 2.29. The van der Waals surface area contributed by atoms with Crippen molar-refractivity contribution in [2.24, 2.45) is 0 Å². The van der Waals surface area contributed by atoms with Crippen molar-refractivity contribution in [2.75, 3.05) is 31.1 Å². The van der Waals surface area contributed by atoms with Gasteiger partial charge in [-0.2, -0.15) is 9.38 Å². The second-order valence-corrected chi connectivity index (χ2v) is 7.50. The van der Waals surface area contributed by atoms with Gasteiger partial charge in [0.05, 0.1) is 6.20 Å². The van der Waals surface area contributed by atoms with E-state index in [4.69, 9.17) is 0 Å². The van der Waals surface area contributed by atoms with E-state index in [0.29, 0.717) is 49.1 Å². The fraction of sp³-hybridized carbons (Fsp3) is 0.333. The maximum Gasteiger partial charge on any atom is 0.372 e. The molecule has 0 radical (unpaired) electrons. The number of piperazine rings is 1. The van der Waals surface area contributed by atoms with Crippen LogP contribution in [0.15, 0.2) is 48.7 Å². The summed E-state index contributed by atoms with van der Waals surface area (Å²) in [7, 11) is 0. The van der Waals surface area contributed by atoms with Crippen LogP contribution in [0.5, 0.6) is 0 Å². The molecule has 8 nitrogen and oxygen atoms in total. The number of benzene rings is 1. The summed E-state index contributed by atoms with van der Waals surface area (Å²) in [5.41, 5.74) is 2.41. The zero-order valence-electron chi connectivity index (χ0n) is 16.5. The maximum atomic E-state index is 12.8. The number of carbonyl (C=O) groups excluding carboxylic acids is 1. The minimum Gasteiger partial charge on any atom is -0.358 e. The first kappa shape index (κ1) is 18.9. The number of rotatable bonds is 4. The first-order valence-corrected chi connectivity index (χ1v) is 9.71. The standard InChI is InChI=1S/C21H23N5O3/c1-15(2)16-6-8-17(9-7-16)21(27)24-13-11-23(12-14-24)19-20(26(28)29)25-10-4-3-5-18(25)22-19/h3-10,15H,11-14H2,1-2H3. The van der Waals surface area contributed by atoms with Gasteiger partial charge in [0.2, 0.25) is 11.5 Å². The zero-order valence-corrected chi connectivity index (χ0v) is 16.5. The first-order chi connectivity index (χ1) is 14.0. The highest BCUT2D eigenvalue weighted by molar-refractivity contribution is 5.94. The normalized spacial score (nSPS) is 14.6. The molecule has 0 N–H and O–H groups in total. The summed E-state index contributed by atoms with van der Waals surface area (Å²) in [6, 6.07) is 13.0. The molecule has 1 amide bonds. The lowest BCUT2D eigenvalue weighted by atomic mass is 10.0. The van der Waals surface area contributed by atoms with Crippen LogP contribution in [-0.2, 0) is 0 Å². The quantitative estimate of drug-likeness (QED) is 0.501. The largest absolute Gasteiger partial charge is 0.372 e. The Bertz CT molecular complexity index is 1050. The second-order valence-electron chi connectivity index (χ2n) is 7.50.